The van der Waals surface area contributed by atoms with Crippen LogP contribution in [0.2, 0.25) is 0 Å². The first-order valence-electron chi connectivity index (χ1n) is 5.90. The summed E-state index contributed by atoms with van der Waals surface area (Å²) in [4.78, 5) is 13.5. The van der Waals surface area contributed by atoms with Gasteiger partial charge in [-0.2, -0.15) is 0 Å². The van der Waals surface area contributed by atoms with Gasteiger partial charge in [-0.3, -0.25) is 9.52 Å². The normalized spacial score (nSPS) is 15.9. The average molecular weight is 347 g/mol. The van der Waals surface area contributed by atoms with E-state index in [0.717, 1.165) is 17.7 Å². The van der Waals surface area contributed by atoms with Crippen molar-refractivity contribution in [3.63, 3.8) is 0 Å². The standard InChI is InChI=1S/C12H15BrN2O3S/c1-9-4-5-10(14-19(17,18)8-13)7-11(9)15-6-2-3-12(15)16/h4-5,7,14H,2-3,6,8H2,1H3. The molecule has 0 spiro atoms. The second-order valence-electron chi connectivity index (χ2n) is 4.48. The summed E-state index contributed by atoms with van der Waals surface area (Å²) in [6.45, 7) is 2.60. The molecular weight excluding hydrogens is 332 g/mol. The quantitative estimate of drug-likeness (QED) is 0.850. The summed E-state index contributed by atoms with van der Waals surface area (Å²) in [7, 11) is -3.38. The van der Waals surface area contributed by atoms with Gasteiger partial charge in [0.25, 0.3) is 0 Å². The van der Waals surface area contributed by atoms with Crippen molar-refractivity contribution < 1.29 is 13.2 Å². The molecule has 0 radical (unpaired) electrons. The van der Waals surface area contributed by atoms with Gasteiger partial charge in [-0.15, -0.1) is 0 Å². The molecular formula is C12H15BrN2O3S. The molecule has 1 aliphatic heterocycles. The number of alkyl halides is 1. The Labute approximate surface area is 121 Å². The zero-order valence-electron chi connectivity index (χ0n) is 10.5. The fourth-order valence-corrected chi connectivity index (χ4v) is 2.96. The Hall–Kier alpha value is -1.08. The lowest BCUT2D eigenvalue weighted by molar-refractivity contribution is -0.117. The first-order chi connectivity index (χ1) is 8.93. The van der Waals surface area contributed by atoms with Crippen LogP contribution in [0.5, 0.6) is 0 Å². The van der Waals surface area contributed by atoms with Gasteiger partial charge in [0, 0.05) is 18.7 Å². The number of nitrogens with one attached hydrogen (secondary N) is 1. The number of aryl methyl sites for hydroxylation is 1. The van der Waals surface area contributed by atoms with Crippen LogP contribution in [-0.2, 0) is 14.8 Å². The fourth-order valence-electron chi connectivity index (χ4n) is 2.07. The molecule has 1 saturated heterocycles. The minimum absolute atomic E-state index is 0.0867. The molecule has 5 nitrogen and oxygen atoms in total. The van der Waals surface area contributed by atoms with E-state index in [1.54, 1.807) is 17.0 Å². The van der Waals surface area contributed by atoms with Gasteiger partial charge in [0.1, 0.15) is 4.66 Å². The van der Waals surface area contributed by atoms with Crippen molar-refractivity contribution in [3.05, 3.63) is 23.8 Å². The number of benzene rings is 1. The number of carbonyl (C=O) groups is 1. The highest BCUT2D eigenvalue weighted by Crippen LogP contribution is 2.28. The second kappa shape index (κ2) is 5.50. The Balaban J connectivity index is 2.32. The number of rotatable bonds is 4. The van der Waals surface area contributed by atoms with Crippen LogP contribution in [0.15, 0.2) is 18.2 Å². The van der Waals surface area contributed by atoms with Crippen molar-refractivity contribution in [1.82, 2.24) is 0 Å². The Bertz CT molecular complexity index is 601. The Morgan fingerprint density at radius 1 is 1.42 bits per heavy atom. The number of halogens is 1. The molecule has 1 aromatic carbocycles. The van der Waals surface area contributed by atoms with Crippen molar-refractivity contribution >= 4 is 43.2 Å². The molecule has 1 heterocycles. The second-order valence-corrected chi connectivity index (χ2v) is 7.50. The lowest BCUT2D eigenvalue weighted by Crippen LogP contribution is -2.24. The van der Waals surface area contributed by atoms with Crippen LogP contribution in [0.1, 0.15) is 18.4 Å². The van der Waals surface area contributed by atoms with Gasteiger partial charge < -0.3 is 4.90 Å². The van der Waals surface area contributed by atoms with E-state index in [1.165, 1.54) is 0 Å². The maximum atomic E-state index is 11.8. The first-order valence-corrected chi connectivity index (χ1v) is 8.68. The number of anilines is 2. The highest BCUT2D eigenvalue weighted by atomic mass is 79.9. The molecule has 1 N–H and O–H groups in total. The molecule has 1 aromatic rings. The molecule has 2 rings (SSSR count). The van der Waals surface area contributed by atoms with E-state index in [4.69, 9.17) is 0 Å². The molecule has 7 heteroatoms. The third-order valence-corrected chi connectivity index (χ3v) is 5.63. The van der Waals surface area contributed by atoms with Crippen LogP contribution in [0, 0.1) is 6.92 Å². The van der Waals surface area contributed by atoms with Crippen LogP contribution in [-0.4, -0.2) is 25.5 Å². The number of sulfonamides is 1. The largest absolute Gasteiger partial charge is 0.312 e. The molecule has 0 saturated carbocycles. The Morgan fingerprint density at radius 2 is 2.16 bits per heavy atom. The summed E-state index contributed by atoms with van der Waals surface area (Å²) >= 11 is 2.92. The molecule has 104 valence electrons. The third-order valence-electron chi connectivity index (χ3n) is 2.99. The maximum Gasteiger partial charge on any atom is 0.242 e. The Morgan fingerprint density at radius 3 is 2.74 bits per heavy atom. The van der Waals surface area contributed by atoms with Crippen LogP contribution in [0.4, 0.5) is 11.4 Å². The van der Waals surface area contributed by atoms with E-state index >= 15 is 0 Å². The molecule has 0 aliphatic carbocycles. The zero-order valence-corrected chi connectivity index (χ0v) is 12.9. The average Bonchev–Trinajstić information content (AvgIpc) is 2.78. The Kier molecular flexibility index (Phi) is 4.15. The van der Waals surface area contributed by atoms with Crippen LogP contribution >= 0.6 is 15.9 Å². The van der Waals surface area contributed by atoms with Gasteiger partial charge in [-0.25, -0.2) is 8.42 Å². The molecule has 0 atom stereocenters. The van der Waals surface area contributed by atoms with Crippen molar-refractivity contribution in [1.29, 1.82) is 0 Å². The number of hydrogen-bond donors (Lipinski definition) is 1. The third kappa shape index (κ3) is 3.27. The molecule has 1 amide bonds. The number of amides is 1. The summed E-state index contributed by atoms with van der Waals surface area (Å²) < 4.78 is 25.3. The van der Waals surface area contributed by atoms with Gasteiger partial charge in [0.05, 0.1) is 5.69 Å². The molecule has 19 heavy (non-hydrogen) atoms. The van der Waals surface area contributed by atoms with Gasteiger partial charge >= 0.3 is 0 Å². The molecule has 0 bridgehead atoms. The summed E-state index contributed by atoms with van der Waals surface area (Å²) in [5.41, 5.74) is 2.20. The van der Waals surface area contributed by atoms with Crippen molar-refractivity contribution in [2.45, 2.75) is 19.8 Å². The van der Waals surface area contributed by atoms with Crippen molar-refractivity contribution in [2.24, 2.45) is 0 Å². The topological polar surface area (TPSA) is 66.5 Å². The minimum Gasteiger partial charge on any atom is -0.312 e. The fraction of sp³-hybridized carbons (Fsp3) is 0.417. The first kappa shape index (κ1) is 14.3. The molecule has 0 aromatic heterocycles. The lowest BCUT2D eigenvalue weighted by Gasteiger charge is -2.19. The van der Waals surface area contributed by atoms with E-state index in [1.807, 2.05) is 13.0 Å². The van der Waals surface area contributed by atoms with Gasteiger partial charge in [0.15, 0.2) is 0 Å². The minimum atomic E-state index is -3.38. The van der Waals surface area contributed by atoms with Gasteiger partial charge in [-0.1, -0.05) is 22.0 Å². The number of hydrogen-bond acceptors (Lipinski definition) is 3. The van der Waals surface area contributed by atoms with Crippen molar-refractivity contribution in [3.8, 4) is 0 Å². The van der Waals surface area contributed by atoms with E-state index in [2.05, 4.69) is 20.7 Å². The number of nitrogens with zero attached hydrogens (tertiary/aromatic N) is 1. The summed E-state index contributed by atoms with van der Waals surface area (Å²) in [5.74, 6) is 0.0867. The highest BCUT2D eigenvalue weighted by Gasteiger charge is 2.23. The SMILES string of the molecule is Cc1ccc(NS(=O)(=O)CBr)cc1N1CCCC1=O. The van der Waals surface area contributed by atoms with E-state index in [0.29, 0.717) is 18.7 Å². The lowest BCUT2D eigenvalue weighted by atomic mass is 10.1. The smallest absolute Gasteiger partial charge is 0.242 e. The van der Waals surface area contributed by atoms with Crippen LogP contribution in [0.25, 0.3) is 0 Å². The molecule has 1 aliphatic rings. The predicted molar refractivity (Wildman–Crippen MR) is 79.1 cm³/mol. The van der Waals surface area contributed by atoms with Crippen molar-refractivity contribution in [2.75, 3.05) is 20.8 Å². The summed E-state index contributed by atoms with van der Waals surface area (Å²) in [6, 6.07) is 5.21. The predicted octanol–water partition coefficient (Wildman–Crippen LogP) is 2.22. The zero-order chi connectivity index (χ0) is 14.0. The highest BCUT2D eigenvalue weighted by molar-refractivity contribution is 9.10. The monoisotopic (exact) mass is 346 g/mol. The van der Waals surface area contributed by atoms with Gasteiger partial charge in [0.2, 0.25) is 15.9 Å². The van der Waals surface area contributed by atoms with Crippen LogP contribution in [0.3, 0.4) is 0 Å². The summed E-state index contributed by atoms with van der Waals surface area (Å²) in [5, 5.41) is 0. The maximum absolute atomic E-state index is 11.8. The van der Waals surface area contributed by atoms with E-state index in [-0.39, 0.29) is 10.6 Å². The van der Waals surface area contributed by atoms with Gasteiger partial charge in [-0.05, 0) is 31.0 Å². The summed E-state index contributed by atoms with van der Waals surface area (Å²) in [6.07, 6.45) is 1.40. The van der Waals surface area contributed by atoms with E-state index < -0.39 is 10.0 Å². The number of carbonyl (C=O) groups excluding carboxylic acids is 1. The van der Waals surface area contributed by atoms with E-state index in [9.17, 15) is 13.2 Å². The van der Waals surface area contributed by atoms with Crippen LogP contribution < -0.4 is 9.62 Å². The molecule has 1 fully saturated rings. The molecule has 0 unspecified atom stereocenters.